The van der Waals surface area contributed by atoms with Gasteiger partial charge in [0.05, 0.1) is 11.1 Å². The van der Waals surface area contributed by atoms with Gasteiger partial charge in [0.25, 0.3) is 10.0 Å². The van der Waals surface area contributed by atoms with E-state index in [9.17, 15) is 16.8 Å². The Morgan fingerprint density at radius 1 is 1.00 bits per heavy atom. The first-order chi connectivity index (χ1) is 11.4. The first-order valence-electron chi connectivity index (χ1n) is 7.62. The highest BCUT2D eigenvalue weighted by molar-refractivity contribution is 7.92. The van der Waals surface area contributed by atoms with Gasteiger partial charge < -0.3 is 0 Å². The second-order valence-corrected chi connectivity index (χ2v) is 9.88. The van der Waals surface area contributed by atoms with Crippen LogP contribution >= 0.6 is 0 Å². The molecule has 2 N–H and O–H groups in total. The van der Waals surface area contributed by atoms with Gasteiger partial charge >= 0.3 is 0 Å². The van der Waals surface area contributed by atoms with Crippen molar-refractivity contribution in [2.24, 2.45) is 0 Å². The molecule has 0 spiro atoms. The Kier molecular flexibility index (Phi) is 5.26. The van der Waals surface area contributed by atoms with Crippen LogP contribution in [0.2, 0.25) is 0 Å². The van der Waals surface area contributed by atoms with E-state index in [1.807, 2.05) is 6.92 Å². The lowest BCUT2D eigenvalue weighted by Gasteiger charge is -2.20. The van der Waals surface area contributed by atoms with Crippen LogP contribution in [0.5, 0.6) is 0 Å². The highest BCUT2D eigenvalue weighted by atomic mass is 32.2. The maximum absolute atomic E-state index is 12.3. The largest absolute Gasteiger partial charge is 0.280 e. The Morgan fingerprint density at radius 3 is 2.08 bits per heavy atom. The summed E-state index contributed by atoms with van der Waals surface area (Å²) >= 11 is 0. The fourth-order valence-electron chi connectivity index (χ4n) is 2.03. The number of anilines is 1. The predicted octanol–water partition coefficient (Wildman–Crippen LogP) is 1.78. The Hall–Kier alpha value is -1.91. The van der Waals surface area contributed by atoms with Crippen LogP contribution in [0, 0.1) is 0 Å². The summed E-state index contributed by atoms with van der Waals surface area (Å²) in [4.78, 5) is 0.102. The quantitative estimate of drug-likeness (QED) is 0.786. The summed E-state index contributed by atoms with van der Waals surface area (Å²) in [5.41, 5.74) is -0.350. The van der Waals surface area contributed by atoms with Gasteiger partial charge in [0.15, 0.2) is 0 Å². The first kappa shape index (κ1) is 19.4. The molecule has 2 aromatic rings. The summed E-state index contributed by atoms with van der Waals surface area (Å²) in [6.07, 6.45) is 2.69. The fraction of sp³-hybridized carbons (Fsp3) is 0.400. The molecule has 8 nitrogen and oxygen atoms in total. The van der Waals surface area contributed by atoms with E-state index >= 15 is 0 Å². The highest BCUT2D eigenvalue weighted by Crippen LogP contribution is 2.19. The zero-order valence-electron chi connectivity index (χ0n) is 14.5. The molecule has 0 aliphatic rings. The van der Waals surface area contributed by atoms with Gasteiger partial charge in [-0.2, -0.15) is 5.10 Å². The van der Waals surface area contributed by atoms with Gasteiger partial charge in [-0.3, -0.25) is 9.40 Å². The minimum absolute atomic E-state index is 0.0421. The third-order valence-corrected chi connectivity index (χ3v) is 6.21. The molecule has 0 bridgehead atoms. The number of benzene rings is 1. The van der Waals surface area contributed by atoms with Crippen LogP contribution in [-0.2, 0) is 26.6 Å². The number of sulfonamides is 2. The molecule has 138 valence electrons. The fourth-order valence-corrected chi connectivity index (χ4v) is 4.46. The van der Waals surface area contributed by atoms with Crippen molar-refractivity contribution in [3.8, 4) is 0 Å². The molecule has 0 unspecified atom stereocenters. The van der Waals surface area contributed by atoms with Crippen LogP contribution in [0.1, 0.15) is 27.7 Å². The number of nitrogens with one attached hydrogen (secondary N) is 2. The molecule has 1 aromatic carbocycles. The van der Waals surface area contributed by atoms with Crippen molar-refractivity contribution >= 4 is 25.7 Å². The number of hydrogen-bond donors (Lipinski definition) is 2. The second kappa shape index (κ2) is 6.77. The van der Waals surface area contributed by atoms with Crippen LogP contribution in [-0.4, -0.2) is 32.2 Å². The lowest BCUT2D eigenvalue weighted by molar-refractivity contribution is 0.491. The van der Waals surface area contributed by atoms with Crippen molar-refractivity contribution in [3.63, 3.8) is 0 Å². The molecule has 0 aliphatic heterocycles. The standard InChI is InChI=1S/C15H22N4O4S2/c1-5-19-11-14(10-16-19)24(20,21)17-12-6-8-13(9-7-12)25(22,23)18-15(2,3)4/h6-11,17-18H,5H2,1-4H3. The number of nitrogens with zero attached hydrogens (tertiary/aromatic N) is 2. The molecule has 10 heteroatoms. The maximum Gasteiger partial charge on any atom is 0.265 e. The second-order valence-electron chi connectivity index (χ2n) is 6.52. The SMILES string of the molecule is CCn1cc(S(=O)(=O)Nc2ccc(S(=O)(=O)NC(C)(C)C)cc2)cn1. The van der Waals surface area contributed by atoms with Gasteiger partial charge in [0, 0.05) is 24.0 Å². The van der Waals surface area contributed by atoms with E-state index in [-0.39, 0.29) is 15.5 Å². The van der Waals surface area contributed by atoms with Gasteiger partial charge in [-0.25, -0.2) is 21.6 Å². The molecular formula is C15H22N4O4S2. The van der Waals surface area contributed by atoms with Crippen molar-refractivity contribution in [3.05, 3.63) is 36.7 Å². The van der Waals surface area contributed by atoms with E-state index in [2.05, 4.69) is 14.5 Å². The van der Waals surface area contributed by atoms with Crippen molar-refractivity contribution < 1.29 is 16.8 Å². The predicted molar refractivity (Wildman–Crippen MR) is 95.2 cm³/mol. The Morgan fingerprint density at radius 2 is 1.60 bits per heavy atom. The summed E-state index contributed by atoms with van der Waals surface area (Å²) in [6, 6.07) is 5.50. The van der Waals surface area contributed by atoms with E-state index in [0.717, 1.165) is 0 Å². The zero-order chi connectivity index (χ0) is 18.9. The zero-order valence-corrected chi connectivity index (χ0v) is 16.1. The Balaban J connectivity index is 2.20. The molecule has 0 amide bonds. The normalized spacial score (nSPS) is 13.0. The summed E-state index contributed by atoms with van der Waals surface area (Å²) in [7, 11) is -7.45. The third kappa shape index (κ3) is 5.03. The van der Waals surface area contributed by atoms with E-state index in [1.54, 1.807) is 20.8 Å². The van der Waals surface area contributed by atoms with Crippen molar-refractivity contribution in [1.29, 1.82) is 0 Å². The third-order valence-electron chi connectivity index (χ3n) is 3.10. The number of aromatic nitrogens is 2. The number of hydrogen-bond acceptors (Lipinski definition) is 5. The average molecular weight is 386 g/mol. The minimum Gasteiger partial charge on any atom is -0.280 e. The van der Waals surface area contributed by atoms with E-state index in [1.165, 1.54) is 41.3 Å². The number of aryl methyl sites for hydroxylation is 1. The van der Waals surface area contributed by atoms with Crippen LogP contribution < -0.4 is 9.44 Å². The topological polar surface area (TPSA) is 110 Å². The highest BCUT2D eigenvalue weighted by Gasteiger charge is 2.22. The lowest BCUT2D eigenvalue weighted by atomic mass is 10.1. The van der Waals surface area contributed by atoms with Crippen LogP contribution in [0.4, 0.5) is 5.69 Å². The summed E-state index contributed by atoms with van der Waals surface area (Å²) in [5, 5.41) is 3.93. The van der Waals surface area contributed by atoms with Crippen LogP contribution in [0.3, 0.4) is 0 Å². The molecule has 0 radical (unpaired) electrons. The molecule has 0 saturated heterocycles. The molecule has 0 saturated carbocycles. The first-order valence-corrected chi connectivity index (χ1v) is 10.6. The summed E-state index contributed by atoms with van der Waals surface area (Å²) < 4.78 is 55.5. The number of rotatable bonds is 6. The van der Waals surface area contributed by atoms with E-state index < -0.39 is 25.6 Å². The molecule has 0 fully saturated rings. The van der Waals surface area contributed by atoms with Crippen LogP contribution in [0.15, 0.2) is 46.5 Å². The average Bonchev–Trinajstić information content (AvgIpc) is 2.94. The van der Waals surface area contributed by atoms with Crippen molar-refractivity contribution in [2.45, 2.75) is 49.6 Å². The van der Waals surface area contributed by atoms with Gasteiger partial charge in [-0.15, -0.1) is 0 Å². The maximum atomic E-state index is 12.3. The van der Waals surface area contributed by atoms with Gasteiger partial charge in [0.2, 0.25) is 10.0 Å². The Labute approximate surface area is 148 Å². The smallest absolute Gasteiger partial charge is 0.265 e. The lowest BCUT2D eigenvalue weighted by Crippen LogP contribution is -2.40. The molecule has 1 aromatic heterocycles. The van der Waals surface area contributed by atoms with E-state index in [0.29, 0.717) is 6.54 Å². The van der Waals surface area contributed by atoms with Crippen molar-refractivity contribution in [1.82, 2.24) is 14.5 Å². The summed E-state index contributed by atoms with van der Waals surface area (Å²) in [5.74, 6) is 0. The monoisotopic (exact) mass is 386 g/mol. The van der Waals surface area contributed by atoms with Crippen molar-refractivity contribution in [2.75, 3.05) is 4.72 Å². The minimum atomic E-state index is -3.78. The van der Waals surface area contributed by atoms with Gasteiger partial charge in [0.1, 0.15) is 4.90 Å². The molecule has 2 rings (SSSR count). The van der Waals surface area contributed by atoms with Gasteiger partial charge in [-0.1, -0.05) is 0 Å². The van der Waals surface area contributed by atoms with E-state index in [4.69, 9.17) is 0 Å². The molecular weight excluding hydrogens is 364 g/mol. The van der Waals surface area contributed by atoms with Gasteiger partial charge in [-0.05, 0) is 52.0 Å². The molecule has 25 heavy (non-hydrogen) atoms. The molecule has 1 heterocycles. The molecule has 0 aliphatic carbocycles. The molecule has 0 atom stereocenters. The summed E-state index contributed by atoms with van der Waals surface area (Å²) in [6.45, 7) is 7.63. The Bertz CT molecular complexity index is 940. The van der Waals surface area contributed by atoms with Crippen LogP contribution in [0.25, 0.3) is 0 Å².